The molecule has 7 heteroatoms. The van der Waals surface area contributed by atoms with Gasteiger partial charge in [-0.15, -0.1) is 0 Å². The van der Waals surface area contributed by atoms with Crippen LogP contribution in [-0.2, 0) is 10.2 Å². The van der Waals surface area contributed by atoms with Crippen LogP contribution in [0.5, 0.6) is 0 Å². The van der Waals surface area contributed by atoms with Crippen LogP contribution in [-0.4, -0.2) is 74.3 Å². The summed E-state index contributed by atoms with van der Waals surface area (Å²) >= 11 is 0. The van der Waals surface area contributed by atoms with Crippen molar-refractivity contribution in [3.05, 3.63) is 0 Å². The minimum atomic E-state index is -3.31. The standard InChI is InChI=1S/C11H26N4O2S/c1-11(2)13(3)18(16,17)15-7-4-6-14(8-5-12)9-10-15/h11H,4-10,12H2,1-3H3. The number of rotatable bonds is 5. The Morgan fingerprint density at radius 3 is 2.44 bits per heavy atom. The third-order valence-electron chi connectivity index (χ3n) is 3.41. The first-order valence-corrected chi connectivity index (χ1v) is 7.94. The Labute approximate surface area is 111 Å². The Hall–Kier alpha value is -0.210. The molecule has 0 aromatic carbocycles. The predicted octanol–water partition coefficient (Wildman–Crippen LogP) is -0.462. The number of nitrogens with zero attached hydrogens (tertiary/aromatic N) is 3. The molecule has 0 radical (unpaired) electrons. The van der Waals surface area contributed by atoms with E-state index < -0.39 is 10.2 Å². The van der Waals surface area contributed by atoms with E-state index in [1.165, 1.54) is 4.31 Å². The van der Waals surface area contributed by atoms with Gasteiger partial charge in [0.1, 0.15) is 0 Å². The molecule has 0 atom stereocenters. The summed E-state index contributed by atoms with van der Waals surface area (Å²) in [5.41, 5.74) is 5.54. The van der Waals surface area contributed by atoms with Crippen molar-refractivity contribution in [3.8, 4) is 0 Å². The Morgan fingerprint density at radius 1 is 1.22 bits per heavy atom. The molecule has 0 saturated carbocycles. The molecule has 2 N–H and O–H groups in total. The third-order valence-corrected chi connectivity index (χ3v) is 5.58. The van der Waals surface area contributed by atoms with Gasteiger partial charge in [0.15, 0.2) is 0 Å². The maximum atomic E-state index is 12.4. The second kappa shape index (κ2) is 6.81. The Balaban J connectivity index is 2.67. The third kappa shape index (κ3) is 3.89. The zero-order valence-corrected chi connectivity index (χ0v) is 12.5. The lowest BCUT2D eigenvalue weighted by Gasteiger charge is -2.28. The highest BCUT2D eigenvalue weighted by molar-refractivity contribution is 7.86. The molecule has 6 nitrogen and oxygen atoms in total. The van der Waals surface area contributed by atoms with Crippen molar-refractivity contribution >= 4 is 10.2 Å². The van der Waals surface area contributed by atoms with Crippen molar-refractivity contribution in [1.29, 1.82) is 0 Å². The summed E-state index contributed by atoms with van der Waals surface area (Å²) < 4.78 is 27.7. The van der Waals surface area contributed by atoms with Crippen LogP contribution in [0.15, 0.2) is 0 Å². The van der Waals surface area contributed by atoms with Gasteiger partial charge in [-0.2, -0.15) is 17.0 Å². The van der Waals surface area contributed by atoms with Gasteiger partial charge in [0, 0.05) is 45.8 Å². The van der Waals surface area contributed by atoms with Gasteiger partial charge >= 0.3 is 0 Å². The normalized spacial score (nSPS) is 20.6. The molecule has 1 fully saturated rings. The molecule has 18 heavy (non-hydrogen) atoms. The first-order valence-electron chi connectivity index (χ1n) is 6.55. The van der Waals surface area contributed by atoms with Crippen LogP contribution >= 0.6 is 0 Å². The van der Waals surface area contributed by atoms with Crippen molar-refractivity contribution in [1.82, 2.24) is 13.5 Å². The van der Waals surface area contributed by atoms with Crippen LogP contribution in [0.3, 0.4) is 0 Å². The first-order chi connectivity index (χ1) is 8.39. The van der Waals surface area contributed by atoms with E-state index in [0.29, 0.717) is 19.6 Å². The van der Waals surface area contributed by atoms with E-state index in [1.54, 1.807) is 11.4 Å². The largest absolute Gasteiger partial charge is 0.329 e. The van der Waals surface area contributed by atoms with Crippen molar-refractivity contribution in [2.24, 2.45) is 5.73 Å². The van der Waals surface area contributed by atoms with Crippen molar-refractivity contribution in [2.75, 3.05) is 46.3 Å². The van der Waals surface area contributed by atoms with E-state index >= 15 is 0 Å². The molecular formula is C11H26N4O2S. The fraction of sp³-hybridized carbons (Fsp3) is 1.00. The molecule has 0 aromatic rings. The van der Waals surface area contributed by atoms with E-state index in [0.717, 1.165) is 26.1 Å². The number of hydrogen-bond donors (Lipinski definition) is 1. The van der Waals surface area contributed by atoms with E-state index in [9.17, 15) is 8.42 Å². The topological polar surface area (TPSA) is 69.9 Å². The van der Waals surface area contributed by atoms with Gasteiger partial charge in [-0.1, -0.05) is 0 Å². The van der Waals surface area contributed by atoms with Crippen molar-refractivity contribution in [3.63, 3.8) is 0 Å². The lowest BCUT2D eigenvalue weighted by molar-refractivity contribution is 0.289. The second-order valence-corrected chi connectivity index (χ2v) is 6.99. The average molecular weight is 278 g/mol. The van der Waals surface area contributed by atoms with E-state index in [2.05, 4.69) is 4.90 Å². The van der Waals surface area contributed by atoms with Gasteiger partial charge in [-0.3, -0.25) is 0 Å². The highest BCUT2D eigenvalue weighted by Gasteiger charge is 2.29. The van der Waals surface area contributed by atoms with Gasteiger partial charge in [-0.25, -0.2) is 0 Å². The molecule has 0 bridgehead atoms. The minimum Gasteiger partial charge on any atom is -0.329 e. The quantitative estimate of drug-likeness (QED) is 0.739. The summed E-state index contributed by atoms with van der Waals surface area (Å²) in [6.45, 7) is 8.08. The first kappa shape index (κ1) is 15.8. The highest BCUT2D eigenvalue weighted by Crippen LogP contribution is 2.13. The Bertz CT molecular complexity index is 345. The van der Waals surface area contributed by atoms with Crippen LogP contribution in [0.25, 0.3) is 0 Å². The lowest BCUT2D eigenvalue weighted by Crippen LogP contribution is -2.46. The summed E-state index contributed by atoms with van der Waals surface area (Å²) in [6.07, 6.45) is 0.866. The van der Waals surface area contributed by atoms with E-state index in [-0.39, 0.29) is 6.04 Å². The average Bonchev–Trinajstić information content (AvgIpc) is 2.54. The number of nitrogens with two attached hydrogens (primary N) is 1. The van der Waals surface area contributed by atoms with Gasteiger partial charge < -0.3 is 10.6 Å². The lowest BCUT2D eigenvalue weighted by atomic mass is 10.4. The van der Waals surface area contributed by atoms with Crippen molar-refractivity contribution in [2.45, 2.75) is 26.3 Å². The second-order valence-electron chi connectivity index (χ2n) is 5.00. The molecule has 1 aliphatic heterocycles. The summed E-state index contributed by atoms with van der Waals surface area (Å²) in [6, 6.07) is -0.0154. The van der Waals surface area contributed by atoms with Gasteiger partial charge in [0.2, 0.25) is 0 Å². The van der Waals surface area contributed by atoms with Crippen LogP contribution in [0.1, 0.15) is 20.3 Å². The molecule has 0 spiro atoms. The SMILES string of the molecule is CC(C)N(C)S(=O)(=O)N1CCCN(CCN)CC1. The van der Waals surface area contributed by atoms with Crippen LogP contribution < -0.4 is 5.73 Å². The summed E-state index contributed by atoms with van der Waals surface area (Å²) in [7, 11) is -1.67. The molecule has 0 aliphatic carbocycles. The summed E-state index contributed by atoms with van der Waals surface area (Å²) in [5, 5.41) is 0. The van der Waals surface area contributed by atoms with Crippen LogP contribution in [0, 0.1) is 0 Å². The highest BCUT2D eigenvalue weighted by atomic mass is 32.2. The maximum absolute atomic E-state index is 12.4. The van der Waals surface area contributed by atoms with Gasteiger partial charge in [0.25, 0.3) is 10.2 Å². The predicted molar refractivity (Wildman–Crippen MR) is 73.5 cm³/mol. The molecule has 0 amide bonds. The van der Waals surface area contributed by atoms with E-state index in [1.807, 2.05) is 13.8 Å². The monoisotopic (exact) mass is 278 g/mol. The Morgan fingerprint density at radius 2 is 1.89 bits per heavy atom. The zero-order valence-electron chi connectivity index (χ0n) is 11.7. The molecule has 108 valence electrons. The van der Waals surface area contributed by atoms with Gasteiger partial charge in [-0.05, 0) is 26.8 Å². The maximum Gasteiger partial charge on any atom is 0.282 e. The fourth-order valence-corrected chi connectivity index (χ4v) is 3.60. The molecule has 1 aliphatic rings. The molecule has 0 aromatic heterocycles. The summed E-state index contributed by atoms with van der Waals surface area (Å²) in [4.78, 5) is 2.23. The molecule has 0 unspecified atom stereocenters. The molecule has 1 saturated heterocycles. The van der Waals surface area contributed by atoms with Crippen molar-refractivity contribution < 1.29 is 8.42 Å². The molecular weight excluding hydrogens is 252 g/mol. The minimum absolute atomic E-state index is 0.0154. The smallest absolute Gasteiger partial charge is 0.282 e. The van der Waals surface area contributed by atoms with Crippen LogP contribution in [0.2, 0.25) is 0 Å². The summed E-state index contributed by atoms with van der Waals surface area (Å²) in [5.74, 6) is 0. The molecule has 1 heterocycles. The fourth-order valence-electron chi connectivity index (χ4n) is 2.03. The number of hydrogen-bond acceptors (Lipinski definition) is 4. The van der Waals surface area contributed by atoms with E-state index in [4.69, 9.17) is 5.73 Å². The molecule has 1 rings (SSSR count). The van der Waals surface area contributed by atoms with Crippen LogP contribution in [0.4, 0.5) is 0 Å². The Kier molecular flexibility index (Phi) is 6.00. The zero-order chi connectivity index (χ0) is 13.8. The van der Waals surface area contributed by atoms with Gasteiger partial charge in [0.05, 0.1) is 0 Å².